The number of nitrogens with one attached hydrogen (secondary N) is 1. The molecule has 0 saturated carbocycles. The maximum atomic E-state index is 12.5. The maximum Gasteiger partial charge on any atom is 0.308 e. The first kappa shape index (κ1) is 18.3. The molecular weight excluding hydrogens is 350 g/mol. The lowest BCUT2D eigenvalue weighted by atomic mass is 9.98. The first-order chi connectivity index (χ1) is 12.6. The molecule has 0 saturated heterocycles. The second-order valence-corrected chi connectivity index (χ2v) is 7.46. The van der Waals surface area contributed by atoms with Crippen molar-refractivity contribution in [3.63, 3.8) is 0 Å². The summed E-state index contributed by atoms with van der Waals surface area (Å²) in [5.41, 5.74) is 1.99. The molecule has 26 heavy (non-hydrogen) atoms. The van der Waals surface area contributed by atoms with Gasteiger partial charge in [-0.15, -0.1) is 11.8 Å². The number of thioether (sulfide) groups is 1. The van der Waals surface area contributed by atoms with E-state index in [0.29, 0.717) is 18.6 Å². The van der Waals surface area contributed by atoms with Crippen LogP contribution < -0.4 is 10.1 Å². The van der Waals surface area contributed by atoms with E-state index in [4.69, 9.17) is 4.74 Å². The topological polar surface area (TPSA) is 75.6 Å². The Balaban J connectivity index is 1.59. The lowest BCUT2D eigenvalue weighted by molar-refractivity contribution is -0.141. The number of benzene rings is 2. The van der Waals surface area contributed by atoms with Crippen molar-refractivity contribution in [1.82, 2.24) is 5.32 Å². The number of fused-ring (bicyclic) bond motifs is 1. The molecule has 3 rings (SSSR count). The van der Waals surface area contributed by atoms with Gasteiger partial charge in [-0.1, -0.05) is 36.4 Å². The third-order valence-corrected chi connectivity index (χ3v) is 5.79. The Morgan fingerprint density at radius 2 is 1.96 bits per heavy atom. The molecule has 136 valence electrons. The molecule has 0 aromatic heterocycles. The Morgan fingerprint density at radius 3 is 2.69 bits per heavy atom. The highest BCUT2D eigenvalue weighted by Gasteiger charge is 2.29. The van der Waals surface area contributed by atoms with Crippen molar-refractivity contribution in [2.24, 2.45) is 5.92 Å². The average Bonchev–Trinajstić information content (AvgIpc) is 3.09. The van der Waals surface area contributed by atoms with Crippen LogP contribution in [0, 0.1) is 5.92 Å². The summed E-state index contributed by atoms with van der Waals surface area (Å²) in [6.45, 7) is 0.0968. The number of carbonyl (C=O) groups is 2. The average molecular weight is 371 g/mol. The van der Waals surface area contributed by atoms with Crippen molar-refractivity contribution < 1.29 is 19.4 Å². The SMILES string of the molecule is COc1ccccc1CC(CNC(=O)C1Cc2ccccc2S1)C(=O)O. The Hall–Kier alpha value is -2.47. The Bertz CT molecular complexity index is 783. The summed E-state index contributed by atoms with van der Waals surface area (Å²) in [5, 5.41) is 12.1. The van der Waals surface area contributed by atoms with E-state index in [1.807, 2.05) is 42.5 Å². The quantitative estimate of drug-likeness (QED) is 0.783. The fourth-order valence-corrected chi connectivity index (χ4v) is 4.27. The molecule has 2 atom stereocenters. The van der Waals surface area contributed by atoms with Crippen molar-refractivity contribution in [3.05, 3.63) is 59.7 Å². The molecule has 1 aliphatic heterocycles. The molecule has 0 spiro atoms. The Morgan fingerprint density at radius 1 is 1.23 bits per heavy atom. The minimum atomic E-state index is -0.932. The van der Waals surface area contributed by atoms with Crippen LogP contribution >= 0.6 is 11.8 Å². The van der Waals surface area contributed by atoms with E-state index in [1.54, 1.807) is 13.2 Å². The molecule has 0 fully saturated rings. The van der Waals surface area contributed by atoms with Crippen LogP contribution in [0.5, 0.6) is 5.75 Å². The standard InChI is InChI=1S/C20H21NO4S/c1-25-16-8-4-2-6-13(16)10-15(20(23)24)12-21-19(22)18-11-14-7-3-5-9-17(14)26-18/h2-9,15,18H,10-12H2,1H3,(H,21,22)(H,23,24). The lowest BCUT2D eigenvalue weighted by Crippen LogP contribution is -2.38. The number of ether oxygens (including phenoxy) is 1. The largest absolute Gasteiger partial charge is 0.496 e. The van der Waals surface area contributed by atoms with Crippen molar-refractivity contribution >= 4 is 23.6 Å². The van der Waals surface area contributed by atoms with E-state index in [0.717, 1.165) is 10.5 Å². The molecule has 0 aliphatic carbocycles. The van der Waals surface area contributed by atoms with Gasteiger partial charge in [0.05, 0.1) is 18.3 Å². The zero-order valence-corrected chi connectivity index (χ0v) is 15.3. The molecule has 2 aromatic rings. The van der Waals surface area contributed by atoms with Crippen LogP contribution in [-0.2, 0) is 22.4 Å². The molecule has 1 aliphatic rings. The number of rotatable bonds is 7. The normalized spacial score (nSPS) is 16.6. The van der Waals surface area contributed by atoms with Crippen LogP contribution in [0.4, 0.5) is 0 Å². The van der Waals surface area contributed by atoms with Gasteiger partial charge in [-0.2, -0.15) is 0 Å². The number of carboxylic acid groups (broad SMARTS) is 1. The van der Waals surface area contributed by atoms with E-state index >= 15 is 0 Å². The van der Waals surface area contributed by atoms with Crippen molar-refractivity contribution in [2.45, 2.75) is 23.0 Å². The van der Waals surface area contributed by atoms with Crippen LogP contribution in [0.2, 0.25) is 0 Å². The molecule has 2 aromatic carbocycles. The Kier molecular flexibility index (Phi) is 5.83. The second-order valence-electron chi connectivity index (χ2n) is 6.21. The van der Waals surface area contributed by atoms with Crippen LogP contribution in [0.3, 0.4) is 0 Å². The van der Waals surface area contributed by atoms with E-state index in [2.05, 4.69) is 5.32 Å². The first-order valence-electron chi connectivity index (χ1n) is 8.45. The highest BCUT2D eigenvalue weighted by atomic mass is 32.2. The van der Waals surface area contributed by atoms with Gasteiger partial charge in [0, 0.05) is 11.4 Å². The number of para-hydroxylation sites is 1. The molecule has 6 heteroatoms. The van der Waals surface area contributed by atoms with Gasteiger partial charge < -0.3 is 15.2 Å². The first-order valence-corrected chi connectivity index (χ1v) is 9.33. The van der Waals surface area contributed by atoms with Gasteiger partial charge >= 0.3 is 5.97 Å². The predicted octanol–water partition coefficient (Wildman–Crippen LogP) is 2.77. The summed E-state index contributed by atoms with van der Waals surface area (Å²) in [5.74, 6) is -1.09. The van der Waals surface area contributed by atoms with Gasteiger partial charge in [-0.25, -0.2) is 0 Å². The van der Waals surface area contributed by atoms with Crippen molar-refractivity contribution in [2.75, 3.05) is 13.7 Å². The summed E-state index contributed by atoms with van der Waals surface area (Å²) >= 11 is 1.53. The van der Waals surface area contributed by atoms with Gasteiger partial charge in [0.25, 0.3) is 0 Å². The molecule has 0 radical (unpaired) electrons. The fraction of sp³-hybridized carbons (Fsp3) is 0.300. The zero-order chi connectivity index (χ0) is 18.5. The number of aliphatic carboxylic acids is 1. The second kappa shape index (κ2) is 8.27. The van der Waals surface area contributed by atoms with Crippen LogP contribution in [0.25, 0.3) is 0 Å². The minimum Gasteiger partial charge on any atom is -0.496 e. The number of carboxylic acids is 1. The predicted molar refractivity (Wildman–Crippen MR) is 101 cm³/mol. The zero-order valence-electron chi connectivity index (χ0n) is 14.5. The smallest absolute Gasteiger partial charge is 0.308 e. The summed E-state index contributed by atoms with van der Waals surface area (Å²) < 4.78 is 5.29. The monoisotopic (exact) mass is 371 g/mol. The van der Waals surface area contributed by atoms with E-state index < -0.39 is 11.9 Å². The van der Waals surface area contributed by atoms with E-state index in [1.165, 1.54) is 17.3 Å². The number of hydrogen-bond acceptors (Lipinski definition) is 4. The third-order valence-electron chi connectivity index (χ3n) is 4.47. The maximum absolute atomic E-state index is 12.5. The molecule has 5 nitrogen and oxygen atoms in total. The number of methoxy groups -OCH3 is 1. The molecule has 2 N–H and O–H groups in total. The van der Waals surface area contributed by atoms with Crippen LogP contribution in [-0.4, -0.2) is 35.9 Å². The van der Waals surface area contributed by atoms with Crippen LogP contribution in [0.15, 0.2) is 53.4 Å². The van der Waals surface area contributed by atoms with E-state index in [-0.39, 0.29) is 17.7 Å². The Labute approximate surface area is 156 Å². The highest BCUT2D eigenvalue weighted by Crippen LogP contribution is 2.36. The molecule has 2 unspecified atom stereocenters. The number of hydrogen-bond donors (Lipinski definition) is 2. The van der Waals surface area contributed by atoms with E-state index in [9.17, 15) is 14.7 Å². The summed E-state index contributed by atoms with van der Waals surface area (Å²) in [4.78, 5) is 25.2. The van der Waals surface area contributed by atoms with Gasteiger partial charge in [0.15, 0.2) is 0 Å². The van der Waals surface area contributed by atoms with Gasteiger partial charge in [0.2, 0.25) is 5.91 Å². The molecular formula is C20H21NO4S. The third kappa shape index (κ3) is 4.19. The molecule has 1 amide bonds. The summed E-state index contributed by atoms with van der Waals surface area (Å²) in [6, 6.07) is 15.3. The van der Waals surface area contributed by atoms with Crippen LogP contribution in [0.1, 0.15) is 11.1 Å². The molecule has 1 heterocycles. The summed E-state index contributed by atoms with van der Waals surface area (Å²) in [6.07, 6.45) is 0.981. The fourth-order valence-electron chi connectivity index (χ4n) is 3.05. The van der Waals surface area contributed by atoms with Crippen molar-refractivity contribution in [3.8, 4) is 5.75 Å². The van der Waals surface area contributed by atoms with Gasteiger partial charge in [-0.05, 0) is 36.1 Å². The van der Waals surface area contributed by atoms with Gasteiger partial charge in [0.1, 0.15) is 5.75 Å². The minimum absolute atomic E-state index is 0.0968. The molecule has 0 bridgehead atoms. The van der Waals surface area contributed by atoms with Gasteiger partial charge in [-0.3, -0.25) is 9.59 Å². The summed E-state index contributed by atoms with van der Waals surface area (Å²) in [7, 11) is 1.56. The number of carbonyl (C=O) groups excluding carboxylic acids is 1. The van der Waals surface area contributed by atoms with Crippen molar-refractivity contribution in [1.29, 1.82) is 0 Å². The lowest BCUT2D eigenvalue weighted by Gasteiger charge is -2.17. The number of amides is 1. The highest BCUT2D eigenvalue weighted by molar-refractivity contribution is 8.01.